The van der Waals surface area contributed by atoms with Gasteiger partial charge in [0, 0.05) is 18.5 Å². The van der Waals surface area contributed by atoms with Gasteiger partial charge in [0.25, 0.3) is 0 Å². The number of alkyl carbamates (subject to hydrolysis) is 1. The lowest BCUT2D eigenvalue weighted by atomic mass is 9.98. The van der Waals surface area contributed by atoms with Crippen LogP contribution in [0.4, 0.5) is 4.79 Å². The second-order valence-electron chi connectivity index (χ2n) is 9.52. The number of amides is 2. The van der Waals surface area contributed by atoms with E-state index < -0.39 is 24.1 Å². The van der Waals surface area contributed by atoms with E-state index in [4.69, 9.17) is 9.47 Å². The molecule has 2 aromatic carbocycles. The SMILES string of the molecule is O=C(NCC1CCC(C(=O)NC2CCCC2C(=O)O)O1)OCC1c2ccccc2-c2ccccc21. The van der Waals surface area contributed by atoms with Crippen LogP contribution >= 0.6 is 0 Å². The topological polar surface area (TPSA) is 114 Å². The monoisotopic (exact) mass is 478 g/mol. The summed E-state index contributed by atoms with van der Waals surface area (Å²) in [5, 5.41) is 14.9. The molecule has 4 atom stereocenters. The first-order valence-electron chi connectivity index (χ1n) is 12.3. The van der Waals surface area contributed by atoms with E-state index in [1.165, 1.54) is 11.1 Å². The van der Waals surface area contributed by atoms with Gasteiger partial charge >= 0.3 is 12.1 Å². The molecule has 2 fully saturated rings. The molecule has 0 bridgehead atoms. The Balaban J connectivity index is 1.08. The molecule has 3 N–H and O–H groups in total. The number of ether oxygens (including phenoxy) is 2. The minimum atomic E-state index is -0.870. The van der Waals surface area contributed by atoms with Crippen molar-refractivity contribution >= 4 is 18.0 Å². The lowest BCUT2D eigenvalue weighted by molar-refractivity contribution is -0.143. The number of carboxylic acid groups (broad SMARTS) is 1. The maximum absolute atomic E-state index is 12.6. The lowest BCUT2D eigenvalue weighted by Crippen LogP contribution is -2.45. The number of hydrogen-bond acceptors (Lipinski definition) is 5. The fourth-order valence-electron chi connectivity index (χ4n) is 5.60. The van der Waals surface area contributed by atoms with Crippen LogP contribution in [0.5, 0.6) is 0 Å². The van der Waals surface area contributed by atoms with Crippen molar-refractivity contribution in [2.75, 3.05) is 13.2 Å². The summed E-state index contributed by atoms with van der Waals surface area (Å²) in [7, 11) is 0. The predicted molar refractivity (Wildman–Crippen MR) is 128 cm³/mol. The van der Waals surface area contributed by atoms with Crippen LogP contribution in [0.3, 0.4) is 0 Å². The second-order valence-corrected chi connectivity index (χ2v) is 9.52. The van der Waals surface area contributed by atoms with Crippen LogP contribution in [-0.4, -0.2) is 54.5 Å². The van der Waals surface area contributed by atoms with Crippen molar-refractivity contribution in [3.8, 4) is 11.1 Å². The van der Waals surface area contributed by atoms with Gasteiger partial charge in [-0.2, -0.15) is 0 Å². The van der Waals surface area contributed by atoms with Gasteiger partial charge < -0.3 is 25.2 Å². The van der Waals surface area contributed by atoms with Gasteiger partial charge in [-0.1, -0.05) is 55.0 Å². The Kier molecular flexibility index (Phi) is 6.72. The summed E-state index contributed by atoms with van der Waals surface area (Å²) in [5.74, 6) is -1.68. The Morgan fingerprint density at radius 3 is 2.31 bits per heavy atom. The molecule has 4 unspecified atom stereocenters. The summed E-state index contributed by atoms with van der Waals surface area (Å²) >= 11 is 0. The van der Waals surface area contributed by atoms with Crippen LogP contribution < -0.4 is 10.6 Å². The van der Waals surface area contributed by atoms with Crippen molar-refractivity contribution in [2.45, 2.75) is 56.3 Å². The van der Waals surface area contributed by atoms with Crippen LogP contribution in [0.1, 0.15) is 49.1 Å². The average molecular weight is 479 g/mol. The van der Waals surface area contributed by atoms with E-state index in [-0.39, 0.29) is 37.1 Å². The molecular formula is C27H30N2O6. The van der Waals surface area contributed by atoms with Crippen molar-refractivity contribution in [3.05, 3.63) is 59.7 Å². The molecule has 0 spiro atoms. The highest BCUT2D eigenvalue weighted by atomic mass is 16.5. The fraction of sp³-hybridized carbons (Fsp3) is 0.444. The van der Waals surface area contributed by atoms with E-state index in [1.54, 1.807) is 0 Å². The van der Waals surface area contributed by atoms with Crippen LogP contribution in [0.15, 0.2) is 48.5 Å². The van der Waals surface area contributed by atoms with E-state index in [0.29, 0.717) is 25.7 Å². The van der Waals surface area contributed by atoms with Gasteiger partial charge in [-0.15, -0.1) is 0 Å². The first-order chi connectivity index (χ1) is 17.0. The van der Waals surface area contributed by atoms with Gasteiger partial charge in [0.15, 0.2) is 0 Å². The Labute approximate surface area is 204 Å². The van der Waals surface area contributed by atoms with Crippen LogP contribution in [-0.2, 0) is 19.1 Å². The molecule has 8 nitrogen and oxygen atoms in total. The maximum Gasteiger partial charge on any atom is 0.407 e. The third-order valence-electron chi connectivity index (χ3n) is 7.38. The number of hydrogen-bond donors (Lipinski definition) is 3. The largest absolute Gasteiger partial charge is 0.481 e. The molecule has 3 aliphatic rings. The van der Waals surface area contributed by atoms with Gasteiger partial charge in [0.2, 0.25) is 5.91 Å². The van der Waals surface area contributed by atoms with E-state index in [1.807, 2.05) is 24.3 Å². The van der Waals surface area contributed by atoms with Gasteiger partial charge in [0.1, 0.15) is 12.7 Å². The molecule has 5 rings (SSSR count). The third kappa shape index (κ3) is 4.89. The summed E-state index contributed by atoms with van der Waals surface area (Å²) in [6.45, 7) is 0.490. The van der Waals surface area contributed by atoms with Crippen LogP contribution in [0.2, 0.25) is 0 Å². The molecule has 2 aromatic rings. The number of nitrogens with one attached hydrogen (secondary N) is 2. The molecule has 1 aliphatic heterocycles. The Morgan fingerprint density at radius 2 is 1.63 bits per heavy atom. The Bertz CT molecular complexity index is 1070. The van der Waals surface area contributed by atoms with E-state index in [2.05, 4.69) is 34.9 Å². The molecule has 2 amide bonds. The van der Waals surface area contributed by atoms with Crippen molar-refractivity contribution in [2.24, 2.45) is 5.92 Å². The minimum absolute atomic E-state index is 0.00540. The van der Waals surface area contributed by atoms with Gasteiger partial charge in [0.05, 0.1) is 12.0 Å². The molecule has 0 radical (unpaired) electrons. The number of carbonyl (C=O) groups excluding carboxylic acids is 2. The Morgan fingerprint density at radius 1 is 0.943 bits per heavy atom. The van der Waals surface area contributed by atoms with E-state index >= 15 is 0 Å². The molecule has 184 valence electrons. The number of carbonyl (C=O) groups is 3. The molecule has 35 heavy (non-hydrogen) atoms. The lowest BCUT2D eigenvalue weighted by Gasteiger charge is -2.20. The van der Waals surface area contributed by atoms with Gasteiger partial charge in [-0.3, -0.25) is 9.59 Å². The molecular weight excluding hydrogens is 448 g/mol. The van der Waals surface area contributed by atoms with Crippen molar-refractivity contribution in [3.63, 3.8) is 0 Å². The maximum atomic E-state index is 12.6. The normalized spacial score (nSPS) is 25.0. The highest BCUT2D eigenvalue weighted by molar-refractivity contribution is 5.82. The number of benzene rings is 2. The summed E-state index contributed by atoms with van der Waals surface area (Å²) in [5.41, 5.74) is 4.66. The number of aliphatic carboxylic acids is 1. The van der Waals surface area contributed by atoms with E-state index in [0.717, 1.165) is 17.5 Å². The van der Waals surface area contributed by atoms with Gasteiger partial charge in [-0.25, -0.2) is 4.79 Å². The smallest absolute Gasteiger partial charge is 0.407 e. The quantitative estimate of drug-likeness (QED) is 0.562. The fourth-order valence-corrected chi connectivity index (χ4v) is 5.60. The summed E-state index contributed by atoms with van der Waals surface area (Å²) < 4.78 is 11.4. The first kappa shape index (κ1) is 23.4. The molecule has 1 heterocycles. The van der Waals surface area contributed by atoms with Gasteiger partial charge in [-0.05, 0) is 47.9 Å². The van der Waals surface area contributed by atoms with E-state index in [9.17, 15) is 19.5 Å². The van der Waals surface area contributed by atoms with Crippen LogP contribution in [0, 0.1) is 5.92 Å². The zero-order valence-electron chi connectivity index (χ0n) is 19.4. The highest BCUT2D eigenvalue weighted by Gasteiger charge is 2.37. The summed E-state index contributed by atoms with van der Waals surface area (Å²) in [4.78, 5) is 36.3. The number of carboxylic acids is 1. The Hall–Kier alpha value is -3.39. The van der Waals surface area contributed by atoms with Crippen LogP contribution in [0.25, 0.3) is 11.1 Å². The number of fused-ring (bicyclic) bond motifs is 3. The zero-order chi connectivity index (χ0) is 24.4. The average Bonchev–Trinajstić information content (AvgIpc) is 3.59. The minimum Gasteiger partial charge on any atom is -0.481 e. The van der Waals surface area contributed by atoms with Crippen molar-refractivity contribution < 1.29 is 29.0 Å². The summed E-state index contributed by atoms with van der Waals surface area (Å²) in [6.07, 6.45) is 1.78. The third-order valence-corrected chi connectivity index (χ3v) is 7.38. The van der Waals surface area contributed by atoms with Crippen molar-refractivity contribution in [1.82, 2.24) is 10.6 Å². The molecule has 1 saturated heterocycles. The second kappa shape index (κ2) is 10.1. The molecule has 2 aliphatic carbocycles. The molecule has 0 aromatic heterocycles. The molecule has 1 saturated carbocycles. The summed E-state index contributed by atoms with van der Waals surface area (Å²) in [6, 6.07) is 16.0. The van der Waals surface area contributed by atoms with Crippen molar-refractivity contribution in [1.29, 1.82) is 0 Å². The standard InChI is InChI=1S/C27H30N2O6/c30-25(29-23-11-5-10-21(23)26(31)32)24-13-12-16(35-24)14-28-27(33)34-15-22-19-8-3-1-6-17(19)18-7-2-4-9-20(18)22/h1-4,6-9,16,21-24H,5,10-15H2,(H,28,33)(H,29,30)(H,31,32). The zero-order valence-corrected chi connectivity index (χ0v) is 19.4. The highest BCUT2D eigenvalue weighted by Crippen LogP contribution is 2.44. The number of rotatable bonds is 7. The molecule has 8 heteroatoms. The predicted octanol–water partition coefficient (Wildman–Crippen LogP) is 3.44. The first-order valence-corrected chi connectivity index (χ1v) is 12.3.